The molecule has 1 aliphatic carbocycles. The lowest BCUT2D eigenvalue weighted by atomic mass is 10.3. The first kappa shape index (κ1) is 10.4. The second kappa shape index (κ2) is 4.01. The lowest BCUT2D eigenvalue weighted by Crippen LogP contribution is -2.26. The summed E-state index contributed by atoms with van der Waals surface area (Å²) in [7, 11) is 0. The van der Waals surface area contributed by atoms with Gasteiger partial charge in [0.15, 0.2) is 0 Å². The summed E-state index contributed by atoms with van der Waals surface area (Å²) >= 11 is 3.40. The maximum atomic E-state index is 12.4. The number of rotatable bonds is 3. The van der Waals surface area contributed by atoms with E-state index in [1.807, 2.05) is 0 Å². The molecule has 0 aliphatic heterocycles. The van der Waals surface area contributed by atoms with Crippen molar-refractivity contribution < 1.29 is 13.5 Å². The van der Waals surface area contributed by atoms with Crippen LogP contribution in [-0.4, -0.2) is 23.5 Å². The molecule has 1 nitrogen and oxygen atoms in total. The van der Waals surface area contributed by atoms with Crippen LogP contribution in [0.5, 0.6) is 0 Å². The fourth-order valence-electron chi connectivity index (χ4n) is 1.32. The van der Waals surface area contributed by atoms with Gasteiger partial charge in [-0.2, -0.15) is 0 Å². The molecule has 72 valence electrons. The van der Waals surface area contributed by atoms with Crippen molar-refractivity contribution in [3.63, 3.8) is 0 Å². The molecule has 0 aromatic heterocycles. The van der Waals surface area contributed by atoms with Gasteiger partial charge in [0.1, 0.15) is 6.61 Å². The van der Waals surface area contributed by atoms with Crippen LogP contribution in [0.25, 0.3) is 0 Å². The highest BCUT2D eigenvalue weighted by Gasteiger charge is 2.29. The van der Waals surface area contributed by atoms with Crippen LogP contribution in [0.15, 0.2) is 0 Å². The normalized spacial score (nSPS) is 31.0. The summed E-state index contributed by atoms with van der Waals surface area (Å²) in [5.74, 6) is -2.70. The number of hydrogen-bond acceptors (Lipinski definition) is 1. The largest absolute Gasteiger partial charge is 0.371 e. The summed E-state index contributed by atoms with van der Waals surface area (Å²) in [6.45, 7) is 0.422. The Morgan fingerprint density at radius 1 is 1.50 bits per heavy atom. The summed E-state index contributed by atoms with van der Waals surface area (Å²) in [6, 6.07) is 0. The molecule has 4 heteroatoms. The van der Waals surface area contributed by atoms with Gasteiger partial charge in [0.2, 0.25) is 0 Å². The van der Waals surface area contributed by atoms with Crippen LogP contribution in [0.2, 0.25) is 0 Å². The molecule has 0 bridgehead atoms. The Morgan fingerprint density at radius 2 is 2.17 bits per heavy atom. The van der Waals surface area contributed by atoms with Gasteiger partial charge in [0, 0.05) is 11.8 Å². The maximum absolute atomic E-state index is 12.4. The fourth-order valence-corrected chi connectivity index (χ4v) is 2.06. The smallest absolute Gasteiger partial charge is 0.268 e. The van der Waals surface area contributed by atoms with Gasteiger partial charge < -0.3 is 4.74 Å². The third-order valence-electron chi connectivity index (χ3n) is 1.92. The number of hydrogen-bond donors (Lipinski definition) is 0. The molecule has 1 aliphatic rings. The van der Waals surface area contributed by atoms with Crippen molar-refractivity contribution in [1.29, 1.82) is 0 Å². The Morgan fingerprint density at radius 3 is 2.58 bits per heavy atom. The third kappa shape index (κ3) is 3.35. The molecule has 0 radical (unpaired) electrons. The minimum Gasteiger partial charge on any atom is -0.371 e. The summed E-state index contributed by atoms with van der Waals surface area (Å²) in [4.78, 5) is 0.264. The van der Waals surface area contributed by atoms with Crippen LogP contribution in [0.3, 0.4) is 0 Å². The zero-order valence-electron chi connectivity index (χ0n) is 7.03. The molecule has 12 heavy (non-hydrogen) atoms. The van der Waals surface area contributed by atoms with E-state index >= 15 is 0 Å². The van der Waals surface area contributed by atoms with Crippen LogP contribution in [0.4, 0.5) is 8.78 Å². The minimum atomic E-state index is -2.70. The van der Waals surface area contributed by atoms with Crippen molar-refractivity contribution in [3.8, 4) is 0 Å². The molecule has 1 rings (SSSR count). The highest BCUT2D eigenvalue weighted by Crippen LogP contribution is 2.29. The molecule has 1 saturated carbocycles. The van der Waals surface area contributed by atoms with Crippen LogP contribution in [0, 0.1) is 0 Å². The van der Waals surface area contributed by atoms with Gasteiger partial charge in [-0.25, -0.2) is 8.78 Å². The van der Waals surface area contributed by atoms with Crippen LogP contribution >= 0.6 is 15.9 Å². The van der Waals surface area contributed by atoms with Crippen molar-refractivity contribution >= 4 is 15.9 Å². The predicted octanol–water partition coefficient (Wildman–Crippen LogP) is 2.97. The van der Waals surface area contributed by atoms with Gasteiger partial charge >= 0.3 is 0 Å². The number of alkyl halides is 3. The lowest BCUT2D eigenvalue weighted by Gasteiger charge is -2.18. The Kier molecular flexibility index (Phi) is 3.47. The first-order chi connectivity index (χ1) is 5.49. The molecule has 1 fully saturated rings. The summed E-state index contributed by atoms with van der Waals surface area (Å²) in [5.41, 5.74) is 0. The van der Waals surface area contributed by atoms with Crippen molar-refractivity contribution in [2.24, 2.45) is 0 Å². The highest BCUT2D eigenvalue weighted by atomic mass is 79.9. The monoisotopic (exact) mass is 242 g/mol. The fraction of sp³-hybridized carbons (Fsp3) is 1.00. The van der Waals surface area contributed by atoms with Crippen molar-refractivity contribution in [2.75, 3.05) is 6.61 Å². The van der Waals surface area contributed by atoms with Gasteiger partial charge in [0.25, 0.3) is 5.92 Å². The first-order valence-corrected chi connectivity index (χ1v) is 5.04. The van der Waals surface area contributed by atoms with E-state index in [1.165, 1.54) is 0 Å². The Labute approximate surface area is 79.6 Å². The van der Waals surface area contributed by atoms with E-state index < -0.39 is 12.5 Å². The van der Waals surface area contributed by atoms with Gasteiger partial charge in [0.05, 0.1) is 6.10 Å². The summed E-state index contributed by atoms with van der Waals surface area (Å²) in [5, 5.41) is 0. The Hall–Kier alpha value is 0.300. The van der Waals surface area contributed by atoms with Gasteiger partial charge in [-0.05, 0) is 19.3 Å². The van der Waals surface area contributed by atoms with Crippen LogP contribution in [0.1, 0.15) is 26.2 Å². The van der Waals surface area contributed by atoms with E-state index in [1.54, 1.807) is 0 Å². The quantitative estimate of drug-likeness (QED) is 0.692. The molecule has 0 amide bonds. The second-order valence-corrected chi connectivity index (χ2v) is 4.54. The van der Waals surface area contributed by atoms with E-state index in [9.17, 15) is 8.78 Å². The number of halogens is 3. The van der Waals surface area contributed by atoms with E-state index in [0.29, 0.717) is 0 Å². The van der Waals surface area contributed by atoms with Crippen LogP contribution in [-0.2, 0) is 4.74 Å². The molecular weight excluding hydrogens is 230 g/mol. The molecule has 2 unspecified atom stereocenters. The highest BCUT2D eigenvalue weighted by molar-refractivity contribution is 9.09. The van der Waals surface area contributed by atoms with Gasteiger partial charge in [-0.15, -0.1) is 0 Å². The summed E-state index contributed by atoms with van der Waals surface area (Å²) < 4.78 is 29.8. The predicted molar refractivity (Wildman–Crippen MR) is 46.9 cm³/mol. The van der Waals surface area contributed by atoms with Crippen molar-refractivity contribution in [1.82, 2.24) is 0 Å². The Bertz CT molecular complexity index is 146. The molecule has 0 N–H and O–H groups in total. The average molecular weight is 243 g/mol. The van der Waals surface area contributed by atoms with E-state index in [4.69, 9.17) is 4.74 Å². The molecule has 0 heterocycles. The first-order valence-electron chi connectivity index (χ1n) is 4.12. The summed E-state index contributed by atoms with van der Waals surface area (Å²) in [6.07, 6.45) is 2.97. The lowest BCUT2D eigenvalue weighted by molar-refractivity contribution is -0.0838. The molecule has 0 spiro atoms. The molecule has 0 aromatic carbocycles. The Balaban J connectivity index is 2.23. The van der Waals surface area contributed by atoms with Crippen molar-refractivity contribution in [2.45, 2.75) is 43.0 Å². The number of ether oxygens (including phenoxy) is 1. The van der Waals surface area contributed by atoms with Gasteiger partial charge in [-0.1, -0.05) is 15.9 Å². The SMILES string of the molecule is CC(F)(F)COC1CCCC1Br. The molecule has 2 atom stereocenters. The van der Waals surface area contributed by atoms with Crippen molar-refractivity contribution in [3.05, 3.63) is 0 Å². The van der Waals surface area contributed by atoms with E-state index in [0.717, 1.165) is 26.2 Å². The maximum Gasteiger partial charge on any atom is 0.268 e. The zero-order valence-corrected chi connectivity index (χ0v) is 8.61. The standard InChI is InChI=1S/C8H13BrF2O/c1-8(10,11)5-12-7-4-2-3-6(7)9/h6-7H,2-5H2,1H3. The average Bonchev–Trinajstić information content (AvgIpc) is 2.29. The zero-order chi connectivity index (χ0) is 9.19. The van der Waals surface area contributed by atoms with Crippen LogP contribution < -0.4 is 0 Å². The molecular formula is C8H13BrF2O. The second-order valence-electron chi connectivity index (χ2n) is 3.37. The van der Waals surface area contributed by atoms with E-state index in [-0.39, 0.29) is 10.9 Å². The molecule has 0 aromatic rings. The van der Waals surface area contributed by atoms with Gasteiger partial charge in [-0.3, -0.25) is 0 Å². The molecule has 0 saturated heterocycles. The topological polar surface area (TPSA) is 9.23 Å². The van der Waals surface area contributed by atoms with E-state index in [2.05, 4.69) is 15.9 Å². The third-order valence-corrected chi connectivity index (χ3v) is 2.97. The minimum absolute atomic E-state index is 0.0178.